The van der Waals surface area contributed by atoms with Crippen molar-refractivity contribution in [3.8, 4) is 0 Å². The van der Waals surface area contributed by atoms with Crippen molar-refractivity contribution in [2.75, 3.05) is 26.2 Å². The Hall–Kier alpha value is -0.670. The monoisotopic (exact) mass is 390 g/mol. The lowest BCUT2D eigenvalue weighted by atomic mass is 10.00. The van der Waals surface area contributed by atoms with Gasteiger partial charge in [0, 0.05) is 0 Å². The van der Waals surface area contributed by atoms with Gasteiger partial charge in [-0.1, -0.05) is 20.8 Å². The maximum Gasteiger partial charge on any atom is 0.460 e. The van der Waals surface area contributed by atoms with E-state index in [0.29, 0.717) is 38.9 Å². The van der Waals surface area contributed by atoms with Gasteiger partial charge >= 0.3 is 23.9 Å². The summed E-state index contributed by atoms with van der Waals surface area (Å²) >= 11 is 0. The van der Waals surface area contributed by atoms with E-state index in [1.165, 1.54) is 0 Å². The second kappa shape index (κ2) is 8.35. The molecule has 0 unspecified atom stereocenters. The molecule has 0 aromatic carbocycles. The van der Waals surface area contributed by atoms with Crippen LogP contribution in [0.2, 0.25) is 0 Å². The molecule has 0 spiro atoms. The maximum absolute atomic E-state index is 13.7. The van der Waals surface area contributed by atoms with E-state index in [4.69, 9.17) is 0 Å². The Labute approximate surface area is 141 Å². The van der Waals surface area contributed by atoms with Crippen LogP contribution in [0.5, 0.6) is 0 Å². The molecule has 0 rings (SSSR count). The van der Waals surface area contributed by atoms with Crippen LogP contribution in [0, 0.1) is 0 Å². The predicted octanol–water partition coefficient (Wildman–Crippen LogP) is 5.89. The number of nitrogens with zero attached hydrogens (tertiary/aromatic N) is 1. The third-order valence-corrected chi connectivity index (χ3v) is 4.20. The number of halogens is 9. The van der Waals surface area contributed by atoms with E-state index in [1.54, 1.807) is 20.8 Å². The molecule has 1 nitrogen and oxygen atoms in total. The Balaban J connectivity index is 5.52. The molecule has 25 heavy (non-hydrogen) atoms. The van der Waals surface area contributed by atoms with E-state index in [2.05, 4.69) is 0 Å². The normalized spacial score (nSPS) is 14.9. The van der Waals surface area contributed by atoms with E-state index in [-0.39, 0.29) is 4.48 Å². The molecule has 0 saturated heterocycles. The number of hydrogen-bond donors (Lipinski definition) is 0. The third kappa shape index (κ3) is 5.17. The Kier molecular flexibility index (Phi) is 8.12. The summed E-state index contributed by atoms with van der Waals surface area (Å²) in [6.07, 6.45) is -6.88. The Morgan fingerprint density at radius 1 is 0.560 bits per heavy atom. The van der Waals surface area contributed by atoms with Gasteiger partial charge in [0.2, 0.25) is 0 Å². The van der Waals surface area contributed by atoms with Gasteiger partial charge < -0.3 is 4.48 Å². The van der Waals surface area contributed by atoms with Gasteiger partial charge in [-0.3, -0.25) is 0 Å². The molecule has 0 aliphatic rings. The average Bonchev–Trinajstić information content (AvgIpc) is 2.44. The van der Waals surface area contributed by atoms with Crippen LogP contribution in [0.15, 0.2) is 0 Å². The van der Waals surface area contributed by atoms with Gasteiger partial charge in [-0.2, -0.15) is 39.5 Å². The lowest BCUT2D eigenvalue weighted by Crippen LogP contribution is -2.62. The zero-order chi connectivity index (χ0) is 20.2. The van der Waals surface area contributed by atoms with Crippen LogP contribution in [0.4, 0.5) is 39.5 Å². The summed E-state index contributed by atoms with van der Waals surface area (Å²) < 4.78 is 116. The minimum Gasteiger partial charge on any atom is -0.323 e. The minimum atomic E-state index is -6.81. The molecule has 0 bridgehead atoms. The van der Waals surface area contributed by atoms with Crippen molar-refractivity contribution in [1.82, 2.24) is 0 Å². The van der Waals surface area contributed by atoms with Crippen molar-refractivity contribution < 1.29 is 44.0 Å². The van der Waals surface area contributed by atoms with Gasteiger partial charge in [-0.25, -0.2) is 0 Å². The van der Waals surface area contributed by atoms with E-state index >= 15 is 0 Å². The first kappa shape index (κ1) is 24.3. The van der Waals surface area contributed by atoms with Crippen molar-refractivity contribution in [3.63, 3.8) is 0 Å². The molecule has 0 amide bonds. The van der Waals surface area contributed by atoms with Gasteiger partial charge in [-0.15, -0.1) is 0 Å². The molecule has 0 fully saturated rings. The molecule has 0 N–H and O–H groups in total. The van der Waals surface area contributed by atoms with Crippen molar-refractivity contribution in [3.05, 3.63) is 0 Å². The molecule has 0 aliphatic carbocycles. The molecule has 0 saturated carbocycles. The summed E-state index contributed by atoms with van der Waals surface area (Å²) in [6, 6.07) is 0. The summed E-state index contributed by atoms with van der Waals surface area (Å²) in [5.74, 6) is -18.8. The molecular formula is C15H25F9N+. The maximum atomic E-state index is 13.7. The predicted molar refractivity (Wildman–Crippen MR) is 76.1 cm³/mol. The molecular weight excluding hydrogens is 365 g/mol. The standard InChI is InChI=1S/C15H25F9N/c1-4-8-25(9-5-2,10-6-3)11-7-12(16,17)13(18,19)14(20,21)15(22,23)24/h4-11H2,1-3H3/q+1. The Morgan fingerprint density at radius 3 is 1.20 bits per heavy atom. The van der Waals surface area contributed by atoms with Gasteiger partial charge in [0.15, 0.2) is 0 Å². The average molecular weight is 390 g/mol. The number of alkyl halides is 9. The van der Waals surface area contributed by atoms with Crippen LogP contribution in [0.3, 0.4) is 0 Å². The van der Waals surface area contributed by atoms with Crippen LogP contribution in [-0.2, 0) is 0 Å². The highest BCUT2D eigenvalue weighted by Gasteiger charge is 2.81. The first-order chi connectivity index (χ1) is 11.1. The molecule has 0 aromatic rings. The highest BCUT2D eigenvalue weighted by atomic mass is 19.4. The summed E-state index contributed by atoms with van der Waals surface area (Å²) in [7, 11) is 0. The molecule has 152 valence electrons. The zero-order valence-corrected chi connectivity index (χ0v) is 14.5. The molecule has 10 heteroatoms. The first-order valence-corrected chi connectivity index (χ1v) is 8.19. The quantitative estimate of drug-likeness (QED) is 0.305. The minimum absolute atomic E-state index is 0.00718. The Bertz CT molecular complexity index is 387. The van der Waals surface area contributed by atoms with Crippen molar-refractivity contribution in [2.45, 2.75) is 70.4 Å². The van der Waals surface area contributed by atoms with E-state index in [0.717, 1.165) is 0 Å². The van der Waals surface area contributed by atoms with Crippen LogP contribution >= 0.6 is 0 Å². The van der Waals surface area contributed by atoms with Gasteiger partial charge in [0.25, 0.3) is 0 Å². The van der Waals surface area contributed by atoms with Crippen LogP contribution in [-0.4, -0.2) is 54.6 Å². The topological polar surface area (TPSA) is 0 Å². The van der Waals surface area contributed by atoms with Gasteiger partial charge in [0.1, 0.15) is 0 Å². The fraction of sp³-hybridized carbons (Fsp3) is 1.00. The highest BCUT2D eigenvalue weighted by molar-refractivity contribution is 5.00. The first-order valence-electron chi connectivity index (χ1n) is 8.19. The van der Waals surface area contributed by atoms with Gasteiger partial charge in [-0.05, 0) is 19.3 Å². The fourth-order valence-corrected chi connectivity index (χ4v) is 3.04. The van der Waals surface area contributed by atoms with Crippen molar-refractivity contribution in [2.24, 2.45) is 0 Å². The van der Waals surface area contributed by atoms with Crippen molar-refractivity contribution in [1.29, 1.82) is 0 Å². The second-order valence-corrected chi connectivity index (χ2v) is 6.34. The lowest BCUT2D eigenvalue weighted by molar-refractivity contribution is -0.929. The molecule has 0 atom stereocenters. The summed E-state index contributed by atoms with van der Waals surface area (Å²) in [4.78, 5) is 0. The lowest BCUT2D eigenvalue weighted by Gasteiger charge is -2.41. The molecule has 0 aliphatic heterocycles. The summed E-state index contributed by atoms with van der Waals surface area (Å²) in [5.41, 5.74) is 0. The summed E-state index contributed by atoms with van der Waals surface area (Å²) in [6.45, 7) is 5.75. The van der Waals surface area contributed by atoms with E-state index < -0.39 is 36.9 Å². The number of hydrogen-bond acceptors (Lipinski definition) is 0. The van der Waals surface area contributed by atoms with Crippen LogP contribution < -0.4 is 0 Å². The zero-order valence-electron chi connectivity index (χ0n) is 14.5. The summed E-state index contributed by atoms with van der Waals surface area (Å²) in [5, 5.41) is 0. The van der Waals surface area contributed by atoms with Crippen molar-refractivity contribution >= 4 is 0 Å². The van der Waals surface area contributed by atoms with Crippen LogP contribution in [0.1, 0.15) is 46.5 Å². The van der Waals surface area contributed by atoms with Crippen LogP contribution in [0.25, 0.3) is 0 Å². The molecule has 0 radical (unpaired) electrons. The van der Waals surface area contributed by atoms with E-state index in [1.807, 2.05) is 0 Å². The number of quaternary nitrogens is 1. The molecule has 0 aromatic heterocycles. The second-order valence-electron chi connectivity index (χ2n) is 6.34. The fourth-order valence-electron chi connectivity index (χ4n) is 3.04. The van der Waals surface area contributed by atoms with E-state index in [9.17, 15) is 39.5 Å². The number of rotatable bonds is 11. The smallest absolute Gasteiger partial charge is 0.323 e. The Morgan fingerprint density at radius 2 is 0.920 bits per heavy atom. The largest absolute Gasteiger partial charge is 0.460 e. The highest BCUT2D eigenvalue weighted by Crippen LogP contribution is 2.54. The third-order valence-electron chi connectivity index (χ3n) is 4.20. The SMILES string of the molecule is CCC[N+](CCC)(CCC)CCC(F)(F)C(F)(F)C(F)(F)C(F)(F)F. The van der Waals surface area contributed by atoms with Gasteiger partial charge in [0.05, 0.1) is 32.6 Å². The molecule has 0 heterocycles.